The summed E-state index contributed by atoms with van der Waals surface area (Å²) in [6, 6.07) is 12.2. The number of hydrogen-bond donors (Lipinski definition) is 1. The van der Waals surface area contributed by atoms with Crippen LogP contribution in [-0.2, 0) is 0 Å². The topological polar surface area (TPSA) is 49.2 Å². The van der Waals surface area contributed by atoms with E-state index in [4.69, 9.17) is 5.11 Å². The van der Waals surface area contributed by atoms with E-state index in [1.165, 1.54) is 5.56 Å². The van der Waals surface area contributed by atoms with Gasteiger partial charge < -0.3 is 10.0 Å². The number of anilines is 1. The predicted molar refractivity (Wildman–Crippen MR) is 77.2 cm³/mol. The van der Waals surface area contributed by atoms with Crippen LogP contribution in [0.15, 0.2) is 36.4 Å². The first kappa shape index (κ1) is 13.5. The van der Waals surface area contributed by atoms with Gasteiger partial charge in [-0.25, -0.2) is 0 Å². The summed E-state index contributed by atoms with van der Waals surface area (Å²) >= 11 is 0. The maximum absolute atomic E-state index is 8.81. The third kappa shape index (κ3) is 3.51. The van der Waals surface area contributed by atoms with Crippen molar-refractivity contribution >= 4 is 5.82 Å². The van der Waals surface area contributed by atoms with Crippen molar-refractivity contribution in [3.05, 3.63) is 42.0 Å². The van der Waals surface area contributed by atoms with Gasteiger partial charge in [0, 0.05) is 25.8 Å². The molecule has 0 unspecified atom stereocenters. The lowest BCUT2D eigenvalue weighted by atomic mass is 10.1. The summed E-state index contributed by atoms with van der Waals surface area (Å²) in [5.74, 6) is 0.823. The highest BCUT2D eigenvalue weighted by molar-refractivity contribution is 5.60. The molecule has 0 aliphatic heterocycles. The molecule has 19 heavy (non-hydrogen) atoms. The molecule has 1 aromatic heterocycles. The first-order valence-electron chi connectivity index (χ1n) is 6.43. The van der Waals surface area contributed by atoms with Gasteiger partial charge in [0.25, 0.3) is 0 Å². The van der Waals surface area contributed by atoms with Crippen LogP contribution < -0.4 is 4.90 Å². The zero-order valence-corrected chi connectivity index (χ0v) is 11.4. The lowest BCUT2D eigenvalue weighted by molar-refractivity contribution is 0.290. The molecule has 0 amide bonds. The second kappa shape index (κ2) is 6.29. The minimum absolute atomic E-state index is 0.194. The highest BCUT2D eigenvalue weighted by atomic mass is 16.3. The summed E-state index contributed by atoms with van der Waals surface area (Å²) in [6.07, 6.45) is 0.734. The number of aliphatic hydroxyl groups excluding tert-OH is 1. The molecule has 1 heterocycles. The molecule has 4 heteroatoms. The smallest absolute Gasteiger partial charge is 0.151 e. The second-order valence-electron chi connectivity index (χ2n) is 4.64. The van der Waals surface area contributed by atoms with Crippen molar-refractivity contribution in [1.82, 2.24) is 10.2 Å². The average molecular weight is 257 g/mol. The van der Waals surface area contributed by atoms with Crippen LogP contribution in [0.4, 0.5) is 5.82 Å². The van der Waals surface area contributed by atoms with Crippen molar-refractivity contribution < 1.29 is 5.11 Å². The molecule has 0 saturated heterocycles. The van der Waals surface area contributed by atoms with Crippen LogP contribution in [0.2, 0.25) is 0 Å². The summed E-state index contributed by atoms with van der Waals surface area (Å²) in [6.45, 7) is 3.03. The van der Waals surface area contributed by atoms with Crippen molar-refractivity contribution in [2.45, 2.75) is 13.3 Å². The zero-order valence-electron chi connectivity index (χ0n) is 11.4. The van der Waals surface area contributed by atoms with Gasteiger partial charge in [-0.05, 0) is 25.5 Å². The molecular weight excluding hydrogens is 238 g/mol. The molecule has 1 N–H and O–H groups in total. The third-order valence-corrected chi connectivity index (χ3v) is 3.04. The molecule has 0 fully saturated rings. The van der Waals surface area contributed by atoms with Crippen LogP contribution in [0.25, 0.3) is 11.3 Å². The monoisotopic (exact) mass is 257 g/mol. The highest BCUT2D eigenvalue weighted by Crippen LogP contribution is 2.18. The molecule has 4 nitrogen and oxygen atoms in total. The normalized spacial score (nSPS) is 10.5. The highest BCUT2D eigenvalue weighted by Gasteiger charge is 2.04. The lowest BCUT2D eigenvalue weighted by Crippen LogP contribution is -2.20. The Morgan fingerprint density at radius 3 is 2.37 bits per heavy atom. The van der Waals surface area contributed by atoms with Gasteiger partial charge in [0.05, 0.1) is 5.69 Å². The zero-order chi connectivity index (χ0) is 13.7. The standard InChI is InChI=1S/C15H19N3O/c1-12-4-6-13(7-5-12)14-8-9-15(17-16-14)18(2)10-3-11-19/h4-9,19H,3,10-11H2,1-2H3. The molecule has 0 spiro atoms. The maximum Gasteiger partial charge on any atom is 0.151 e. The fraction of sp³-hybridized carbons (Fsp3) is 0.333. The van der Waals surface area contributed by atoms with E-state index in [0.29, 0.717) is 0 Å². The van der Waals surface area contributed by atoms with Gasteiger partial charge in [0.1, 0.15) is 0 Å². The number of aliphatic hydroxyl groups is 1. The molecule has 0 aliphatic carbocycles. The molecule has 0 bridgehead atoms. The van der Waals surface area contributed by atoms with E-state index in [-0.39, 0.29) is 6.61 Å². The molecule has 0 aliphatic rings. The molecule has 100 valence electrons. The Morgan fingerprint density at radius 2 is 1.79 bits per heavy atom. The number of aryl methyl sites for hydroxylation is 1. The van der Waals surface area contributed by atoms with Gasteiger partial charge in [0.2, 0.25) is 0 Å². The second-order valence-corrected chi connectivity index (χ2v) is 4.64. The molecule has 0 saturated carbocycles. The van der Waals surface area contributed by atoms with E-state index in [2.05, 4.69) is 41.4 Å². The quantitative estimate of drug-likeness (QED) is 0.892. The Labute approximate surface area is 113 Å². The van der Waals surface area contributed by atoms with E-state index < -0.39 is 0 Å². The number of aromatic nitrogens is 2. The van der Waals surface area contributed by atoms with Crippen LogP contribution in [0.3, 0.4) is 0 Å². The Hall–Kier alpha value is -1.94. The first-order chi connectivity index (χ1) is 9.20. The van der Waals surface area contributed by atoms with Gasteiger partial charge >= 0.3 is 0 Å². The van der Waals surface area contributed by atoms with Gasteiger partial charge in [-0.1, -0.05) is 29.8 Å². The maximum atomic E-state index is 8.81. The number of hydrogen-bond acceptors (Lipinski definition) is 4. The number of benzene rings is 1. The fourth-order valence-corrected chi connectivity index (χ4v) is 1.83. The number of nitrogens with zero attached hydrogens (tertiary/aromatic N) is 3. The van der Waals surface area contributed by atoms with Crippen LogP contribution >= 0.6 is 0 Å². The third-order valence-electron chi connectivity index (χ3n) is 3.04. The van der Waals surface area contributed by atoms with E-state index in [1.54, 1.807) is 0 Å². The summed E-state index contributed by atoms with van der Waals surface area (Å²) < 4.78 is 0. The van der Waals surface area contributed by atoms with Gasteiger partial charge in [-0.3, -0.25) is 0 Å². The van der Waals surface area contributed by atoms with Crippen molar-refractivity contribution in [3.63, 3.8) is 0 Å². The minimum atomic E-state index is 0.194. The van der Waals surface area contributed by atoms with Gasteiger partial charge in [0.15, 0.2) is 5.82 Å². The summed E-state index contributed by atoms with van der Waals surface area (Å²) in [7, 11) is 1.95. The van der Waals surface area contributed by atoms with Crippen molar-refractivity contribution in [1.29, 1.82) is 0 Å². The van der Waals surface area contributed by atoms with Crippen LogP contribution in [-0.4, -0.2) is 35.5 Å². The summed E-state index contributed by atoms with van der Waals surface area (Å²) in [5.41, 5.74) is 3.18. The Kier molecular flexibility index (Phi) is 4.47. The fourth-order valence-electron chi connectivity index (χ4n) is 1.83. The average Bonchev–Trinajstić information content (AvgIpc) is 2.46. The van der Waals surface area contributed by atoms with E-state index >= 15 is 0 Å². The molecule has 2 rings (SSSR count). The molecule has 1 aromatic carbocycles. The summed E-state index contributed by atoms with van der Waals surface area (Å²) in [4.78, 5) is 1.99. The largest absolute Gasteiger partial charge is 0.396 e. The lowest BCUT2D eigenvalue weighted by Gasteiger charge is -2.16. The van der Waals surface area contributed by atoms with Crippen LogP contribution in [0, 0.1) is 6.92 Å². The van der Waals surface area contributed by atoms with E-state index in [1.807, 2.05) is 24.1 Å². The van der Waals surface area contributed by atoms with Crippen LogP contribution in [0.1, 0.15) is 12.0 Å². The van der Waals surface area contributed by atoms with Gasteiger partial charge in [-0.2, -0.15) is 0 Å². The Morgan fingerprint density at radius 1 is 1.05 bits per heavy atom. The molecule has 0 radical (unpaired) electrons. The van der Waals surface area contributed by atoms with E-state index in [9.17, 15) is 0 Å². The first-order valence-corrected chi connectivity index (χ1v) is 6.43. The van der Waals surface area contributed by atoms with Crippen molar-refractivity contribution in [2.24, 2.45) is 0 Å². The van der Waals surface area contributed by atoms with Crippen molar-refractivity contribution in [3.8, 4) is 11.3 Å². The van der Waals surface area contributed by atoms with Gasteiger partial charge in [-0.15, -0.1) is 10.2 Å². The molecule has 2 aromatic rings. The Balaban J connectivity index is 2.11. The predicted octanol–water partition coefficient (Wildman–Crippen LogP) is 2.27. The summed E-state index contributed by atoms with van der Waals surface area (Å²) in [5, 5.41) is 17.3. The Bertz CT molecular complexity index is 508. The van der Waals surface area contributed by atoms with Crippen LogP contribution in [0.5, 0.6) is 0 Å². The van der Waals surface area contributed by atoms with Crippen molar-refractivity contribution in [2.75, 3.05) is 25.1 Å². The molecule has 0 atom stereocenters. The number of rotatable bonds is 5. The SMILES string of the molecule is Cc1ccc(-c2ccc(N(C)CCCO)nn2)cc1. The minimum Gasteiger partial charge on any atom is -0.396 e. The molecular formula is C15H19N3O. The van der Waals surface area contributed by atoms with E-state index in [0.717, 1.165) is 30.0 Å².